The molecule has 0 saturated carbocycles. The summed E-state index contributed by atoms with van der Waals surface area (Å²) in [7, 11) is 0. The van der Waals surface area contributed by atoms with Gasteiger partial charge in [-0.1, -0.05) is 0 Å². The first-order valence-electron chi connectivity index (χ1n) is 8.42. The number of rotatable bonds is 12. The second kappa shape index (κ2) is 12.5. The van der Waals surface area contributed by atoms with E-state index in [9.17, 15) is 14.4 Å². The van der Waals surface area contributed by atoms with Crippen molar-refractivity contribution in [3.05, 3.63) is 0 Å². The van der Waals surface area contributed by atoms with Crippen molar-refractivity contribution in [1.29, 1.82) is 5.41 Å². The SMILES string of the molecule is CC(C)C[C@H](NC(=O)[C@@H](N)C[SeH])C(=O)N[C@@H](CCCNC(=N)N)C(N)=O. The Morgan fingerprint density at radius 2 is 1.65 bits per heavy atom. The zero-order chi connectivity index (χ0) is 20.3. The summed E-state index contributed by atoms with van der Waals surface area (Å²) < 4.78 is 0. The summed E-state index contributed by atoms with van der Waals surface area (Å²) in [6.07, 6.45) is 1.17. The van der Waals surface area contributed by atoms with E-state index in [0.29, 0.717) is 24.7 Å². The molecule has 0 unspecified atom stereocenters. The van der Waals surface area contributed by atoms with Gasteiger partial charge in [-0.25, -0.2) is 0 Å². The van der Waals surface area contributed by atoms with Crippen LogP contribution in [0.1, 0.15) is 33.1 Å². The first-order chi connectivity index (χ1) is 12.1. The van der Waals surface area contributed by atoms with E-state index in [1.54, 1.807) is 0 Å². The molecule has 150 valence electrons. The molecule has 10 N–H and O–H groups in total. The number of amides is 3. The van der Waals surface area contributed by atoms with E-state index in [0.717, 1.165) is 0 Å². The Labute approximate surface area is 162 Å². The number of nitrogens with two attached hydrogens (primary N) is 3. The fourth-order valence-corrected chi connectivity index (χ4v) is 2.50. The van der Waals surface area contributed by atoms with Crippen LogP contribution in [0.5, 0.6) is 0 Å². The van der Waals surface area contributed by atoms with Crippen molar-refractivity contribution in [2.75, 3.05) is 6.54 Å². The predicted molar refractivity (Wildman–Crippen MR) is 102 cm³/mol. The monoisotopic (exact) mass is 437 g/mol. The molecule has 11 heteroatoms. The second-order valence-electron chi connectivity index (χ2n) is 6.43. The number of primary amides is 1. The van der Waals surface area contributed by atoms with Gasteiger partial charge in [-0.05, 0) is 0 Å². The van der Waals surface area contributed by atoms with E-state index < -0.39 is 35.8 Å². The molecular weight excluding hydrogens is 405 g/mol. The third-order valence-corrected chi connectivity index (χ3v) is 4.34. The van der Waals surface area contributed by atoms with Crippen LogP contribution in [0.15, 0.2) is 0 Å². The van der Waals surface area contributed by atoms with Crippen molar-refractivity contribution in [2.24, 2.45) is 23.1 Å². The van der Waals surface area contributed by atoms with Gasteiger partial charge in [0, 0.05) is 0 Å². The van der Waals surface area contributed by atoms with Crippen LogP contribution in [0.25, 0.3) is 0 Å². The molecule has 26 heavy (non-hydrogen) atoms. The molecule has 0 aromatic carbocycles. The molecule has 0 heterocycles. The standard InChI is InChI=1S/C15H31N7O3Se/c1-8(2)6-11(22-13(24)9(16)7-26)14(25)21-10(12(17)23)4-3-5-20-15(18)19/h8-11,26H,3-7,16H2,1-2H3,(H2,17,23)(H,21,25)(H,22,24)(H4,18,19,20)/t9-,10-,11-/m0/s1. The summed E-state index contributed by atoms with van der Waals surface area (Å²) in [6.45, 7) is 4.22. The Bertz CT molecular complexity index is 502. The summed E-state index contributed by atoms with van der Waals surface area (Å²) in [5.74, 6) is -1.60. The topological polar surface area (TPSA) is 189 Å². The molecule has 0 aliphatic rings. The van der Waals surface area contributed by atoms with Crippen LogP contribution in [0.4, 0.5) is 0 Å². The van der Waals surface area contributed by atoms with Crippen LogP contribution in [-0.2, 0) is 14.4 Å². The normalized spacial score (nSPS) is 14.2. The van der Waals surface area contributed by atoms with Gasteiger partial charge in [0.1, 0.15) is 0 Å². The van der Waals surface area contributed by atoms with E-state index in [-0.39, 0.29) is 18.3 Å². The Kier molecular flexibility index (Phi) is 11.6. The Balaban J connectivity index is 4.85. The second-order valence-corrected chi connectivity index (χ2v) is 7.19. The fraction of sp³-hybridized carbons (Fsp3) is 0.733. The molecule has 0 spiro atoms. The summed E-state index contributed by atoms with van der Waals surface area (Å²) in [5.41, 5.74) is 16.2. The summed E-state index contributed by atoms with van der Waals surface area (Å²) in [4.78, 5) is 36.1. The van der Waals surface area contributed by atoms with E-state index >= 15 is 0 Å². The van der Waals surface area contributed by atoms with Crippen LogP contribution in [0.3, 0.4) is 0 Å². The summed E-state index contributed by atoms with van der Waals surface area (Å²) >= 11 is 2.23. The number of carbonyl (C=O) groups is 3. The third-order valence-electron chi connectivity index (χ3n) is 3.52. The number of carbonyl (C=O) groups excluding carboxylic acids is 3. The maximum absolute atomic E-state index is 12.5. The van der Waals surface area contributed by atoms with Crippen molar-refractivity contribution in [3.63, 3.8) is 0 Å². The van der Waals surface area contributed by atoms with Crippen LogP contribution in [0, 0.1) is 11.3 Å². The molecule has 10 nitrogen and oxygen atoms in total. The van der Waals surface area contributed by atoms with Crippen LogP contribution >= 0.6 is 0 Å². The van der Waals surface area contributed by atoms with Crippen molar-refractivity contribution < 1.29 is 14.4 Å². The molecule has 0 aromatic heterocycles. The number of nitrogens with one attached hydrogen (secondary N) is 4. The molecule has 3 amide bonds. The molecule has 0 fully saturated rings. The number of hydrogen-bond donors (Lipinski definition) is 7. The van der Waals surface area contributed by atoms with Crippen molar-refractivity contribution in [3.8, 4) is 0 Å². The van der Waals surface area contributed by atoms with Crippen LogP contribution in [-0.4, -0.2) is 64.4 Å². The maximum atomic E-state index is 12.5. The van der Waals surface area contributed by atoms with Crippen molar-refractivity contribution in [2.45, 2.75) is 56.6 Å². The van der Waals surface area contributed by atoms with Gasteiger partial charge in [0.25, 0.3) is 0 Å². The molecule has 0 bridgehead atoms. The molecule has 3 atom stereocenters. The van der Waals surface area contributed by atoms with Gasteiger partial charge in [0.15, 0.2) is 5.96 Å². The van der Waals surface area contributed by atoms with Gasteiger partial charge in [0.2, 0.25) is 0 Å². The molecule has 0 aromatic rings. The van der Waals surface area contributed by atoms with Gasteiger partial charge in [-0.2, -0.15) is 0 Å². The molecule has 0 radical (unpaired) electrons. The average Bonchev–Trinajstić information content (AvgIpc) is 2.54. The minimum atomic E-state index is -0.876. The van der Waals surface area contributed by atoms with Gasteiger partial charge >= 0.3 is 145 Å². The summed E-state index contributed by atoms with van der Waals surface area (Å²) in [5, 5.41) is 15.3. The Morgan fingerprint density at radius 1 is 1.08 bits per heavy atom. The van der Waals surface area contributed by atoms with Gasteiger partial charge in [-0.15, -0.1) is 0 Å². The van der Waals surface area contributed by atoms with E-state index in [2.05, 4.69) is 32.0 Å². The minimum absolute atomic E-state index is 0.145. The third kappa shape index (κ3) is 10.2. The zero-order valence-corrected chi connectivity index (χ0v) is 17.1. The van der Waals surface area contributed by atoms with Crippen molar-refractivity contribution >= 4 is 39.7 Å². The van der Waals surface area contributed by atoms with E-state index in [1.165, 1.54) is 0 Å². The van der Waals surface area contributed by atoms with E-state index in [4.69, 9.17) is 22.6 Å². The predicted octanol–water partition coefficient (Wildman–Crippen LogP) is -2.60. The molecule has 0 aliphatic carbocycles. The molecule has 0 rings (SSSR count). The number of guanidine groups is 1. The zero-order valence-electron chi connectivity index (χ0n) is 15.2. The quantitative estimate of drug-likeness (QED) is 0.0759. The van der Waals surface area contributed by atoms with Crippen LogP contribution in [0.2, 0.25) is 5.32 Å². The number of hydrogen-bond acceptors (Lipinski definition) is 5. The van der Waals surface area contributed by atoms with Gasteiger partial charge < -0.3 is 5.73 Å². The fourth-order valence-electron chi connectivity index (χ4n) is 2.15. The summed E-state index contributed by atoms with van der Waals surface area (Å²) in [6, 6.07) is -2.40. The average molecular weight is 436 g/mol. The molecular formula is C15H31N7O3Se. The Hall–Kier alpha value is -1.84. The first kappa shape index (κ1) is 24.2. The van der Waals surface area contributed by atoms with Crippen molar-refractivity contribution in [1.82, 2.24) is 16.0 Å². The Morgan fingerprint density at radius 3 is 2.12 bits per heavy atom. The van der Waals surface area contributed by atoms with Gasteiger partial charge in [-0.3, -0.25) is 5.41 Å². The van der Waals surface area contributed by atoms with Gasteiger partial charge in [0.05, 0.1) is 0 Å². The van der Waals surface area contributed by atoms with Crippen LogP contribution < -0.4 is 33.2 Å². The first-order valence-corrected chi connectivity index (χ1v) is 9.75. The molecule has 0 saturated heterocycles. The van der Waals surface area contributed by atoms with E-state index in [1.807, 2.05) is 13.8 Å². The molecule has 0 aliphatic heterocycles.